The Morgan fingerprint density at radius 3 is 2.07 bits per heavy atom. The summed E-state index contributed by atoms with van der Waals surface area (Å²) in [5.41, 5.74) is 3.83. The zero-order valence-corrected chi connectivity index (χ0v) is 17.2. The second-order valence-electron chi connectivity index (χ2n) is 6.53. The van der Waals surface area contributed by atoms with E-state index in [2.05, 4.69) is 16.0 Å². The Bertz CT molecular complexity index is 1080. The Hall–Kier alpha value is -3.77. The van der Waals surface area contributed by atoms with E-state index in [0.717, 1.165) is 11.1 Å². The Kier molecular flexibility index (Phi) is 7.08. The third-order valence-electron chi connectivity index (χ3n) is 4.25. The predicted molar refractivity (Wildman–Crippen MR) is 125 cm³/mol. The molecule has 5 nitrogen and oxygen atoms in total. The highest BCUT2D eigenvalue weighted by molar-refractivity contribution is 7.80. The lowest BCUT2D eigenvalue weighted by Gasteiger charge is -2.10. The van der Waals surface area contributed by atoms with Gasteiger partial charge in [0.25, 0.3) is 5.91 Å². The first kappa shape index (κ1) is 21.0. The maximum atomic E-state index is 12.4. The molecule has 2 amide bonds. The highest BCUT2D eigenvalue weighted by Gasteiger charge is 2.08. The summed E-state index contributed by atoms with van der Waals surface area (Å²) in [4.78, 5) is 24.4. The Morgan fingerprint density at radius 2 is 1.40 bits per heavy atom. The molecule has 3 aromatic rings. The predicted octanol–water partition coefficient (Wildman–Crippen LogP) is 4.77. The van der Waals surface area contributed by atoms with Gasteiger partial charge in [-0.3, -0.25) is 14.9 Å². The number of thiocarbonyl (C=S) groups is 1. The third kappa shape index (κ3) is 6.12. The van der Waals surface area contributed by atoms with Gasteiger partial charge in [-0.1, -0.05) is 48.5 Å². The minimum atomic E-state index is -0.321. The lowest BCUT2D eigenvalue weighted by molar-refractivity contribution is -0.115. The standard InChI is InChI=1S/C24H21N3O2S/c1-17-7-5-6-10-21(17)23(29)25-19-12-14-20(15-13-19)26-24(30)27-22(28)16-11-18-8-3-2-4-9-18/h2-16H,1H3,(H,25,29)(H2,26,27,28,30)/b16-11+. The summed E-state index contributed by atoms with van der Waals surface area (Å²) < 4.78 is 0. The average molecular weight is 416 g/mol. The summed E-state index contributed by atoms with van der Waals surface area (Å²) >= 11 is 5.18. The van der Waals surface area contributed by atoms with Gasteiger partial charge in [0.05, 0.1) is 0 Å². The lowest BCUT2D eigenvalue weighted by atomic mass is 10.1. The summed E-state index contributed by atoms with van der Waals surface area (Å²) in [6, 6.07) is 24.0. The van der Waals surface area contributed by atoms with Crippen LogP contribution in [0.3, 0.4) is 0 Å². The molecule has 150 valence electrons. The van der Waals surface area contributed by atoms with E-state index in [1.165, 1.54) is 6.08 Å². The number of amides is 2. The summed E-state index contributed by atoms with van der Waals surface area (Å²) in [6.07, 6.45) is 3.14. The van der Waals surface area contributed by atoms with Crippen molar-refractivity contribution >= 4 is 46.6 Å². The molecule has 0 fully saturated rings. The van der Waals surface area contributed by atoms with Gasteiger partial charge < -0.3 is 10.6 Å². The monoisotopic (exact) mass is 415 g/mol. The first-order valence-electron chi connectivity index (χ1n) is 9.33. The first-order valence-corrected chi connectivity index (χ1v) is 9.74. The van der Waals surface area contributed by atoms with E-state index >= 15 is 0 Å². The molecule has 0 bridgehead atoms. The fourth-order valence-corrected chi connectivity index (χ4v) is 2.93. The molecule has 0 aliphatic rings. The Labute approximate surface area is 180 Å². The van der Waals surface area contributed by atoms with Crippen molar-refractivity contribution in [2.24, 2.45) is 0 Å². The quantitative estimate of drug-likeness (QED) is 0.415. The second-order valence-corrected chi connectivity index (χ2v) is 6.94. The fraction of sp³-hybridized carbons (Fsp3) is 0.0417. The summed E-state index contributed by atoms with van der Waals surface area (Å²) in [6.45, 7) is 1.90. The molecule has 30 heavy (non-hydrogen) atoms. The fourth-order valence-electron chi connectivity index (χ4n) is 2.71. The van der Waals surface area contributed by atoms with Crippen LogP contribution in [0.15, 0.2) is 84.9 Å². The van der Waals surface area contributed by atoms with Crippen molar-refractivity contribution in [2.75, 3.05) is 10.6 Å². The van der Waals surface area contributed by atoms with Gasteiger partial charge in [0.15, 0.2) is 5.11 Å². The van der Waals surface area contributed by atoms with Crippen LogP contribution in [0.2, 0.25) is 0 Å². The number of aryl methyl sites for hydroxylation is 1. The van der Waals surface area contributed by atoms with Crippen molar-refractivity contribution in [3.8, 4) is 0 Å². The number of hydrogen-bond acceptors (Lipinski definition) is 3. The van der Waals surface area contributed by atoms with Crippen LogP contribution in [0.25, 0.3) is 6.08 Å². The number of rotatable bonds is 5. The Balaban J connectivity index is 1.52. The summed E-state index contributed by atoms with van der Waals surface area (Å²) in [5, 5.41) is 8.60. The normalized spacial score (nSPS) is 10.4. The number of benzene rings is 3. The molecule has 0 saturated heterocycles. The molecule has 3 N–H and O–H groups in total. The van der Waals surface area contributed by atoms with Crippen LogP contribution in [0.4, 0.5) is 11.4 Å². The molecule has 0 spiro atoms. The van der Waals surface area contributed by atoms with E-state index in [0.29, 0.717) is 16.9 Å². The number of carbonyl (C=O) groups is 2. The van der Waals surface area contributed by atoms with E-state index in [1.807, 2.05) is 55.5 Å². The number of carbonyl (C=O) groups excluding carboxylic acids is 2. The van der Waals surface area contributed by atoms with E-state index < -0.39 is 0 Å². The zero-order valence-electron chi connectivity index (χ0n) is 16.4. The largest absolute Gasteiger partial charge is 0.332 e. The molecule has 6 heteroatoms. The van der Waals surface area contributed by atoms with E-state index in [4.69, 9.17) is 12.2 Å². The summed E-state index contributed by atoms with van der Waals surface area (Å²) in [5.74, 6) is -0.486. The van der Waals surface area contributed by atoms with Gasteiger partial charge in [-0.05, 0) is 66.7 Å². The summed E-state index contributed by atoms with van der Waals surface area (Å²) in [7, 11) is 0. The van der Waals surface area contributed by atoms with Crippen LogP contribution in [0.5, 0.6) is 0 Å². The highest BCUT2D eigenvalue weighted by atomic mass is 32.1. The van der Waals surface area contributed by atoms with Crippen LogP contribution in [-0.4, -0.2) is 16.9 Å². The molecule has 0 unspecified atom stereocenters. The lowest BCUT2D eigenvalue weighted by Crippen LogP contribution is -2.32. The van der Waals surface area contributed by atoms with E-state index in [9.17, 15) is 9.59 Å². The topological polar surface area (TPSA) is 70.2 Å². The number of hydrogen-bond donors (Lipinski definition) is 3. The minimum Gasteiger partial charge on any atom is -0.332 e. The molecule has 0 saturated carbocycles. The molecular formula is C24H21N3O2S. The van der Waals surface area contributed by atoms with Gasteiger partial charge in [0.1, 0.15) is 0 Å². The Morgan fingerprint density at radius 1 is 0.800 bits per heavy atom. The highest BCUT2D eigenvalue weighted by Crippen LogP contribution is 2.16. The van der Waals surface area contributed by atoms with Crippen molar-refractivity contribution < 1.29 is 9.59 Å². The smallest absolute Gasteiger partial charge is 0.255 e. The van der Waals surface area contributed by atoms with E-state index in [-0.39, 0.29) is 16.9 Å². The molecule has 0 aliphatic heterocycles. The van der Waals surface area contributed by atoms with Crippen molar-refractivity contribution in [2.45, 2.75) is 6.92 Å². The molecule has 0 radical (unpaired) electrons. The maximum absolute atomic E-state index is 12.4. The van der Waals surface area contributed by atoms with Gasteiger partial charge in [-0.25, -0.2) is 0 Å². The third-order valence-corrected chi connectivity index (χ3v) is 4.46. The van der Waals surface area contributed by atoms with Gasteiger partial charge in [-0.2, -0.15) is 0 Å². The van der Waals surface area contributed by atoms with Crippen LogP contribution < -0.4 is 16.0 Å². The van der Waals surface area contributed by atoms with Crippen molar-refractivity contribution in [3.63, 3.8) is 0 Å². The van der Waals surface area contributed by atoms with Crippen LogP contribution in [-0.2, 0) is 4.79 Å². The molecule has 0 atom stereocenters. The maximum Gasteiger partial charge on any atom is 0.255 e. The van der Waals surface area contributed by atoms with Crippen molar-refractivity contribution in [3.05, 3.63) is 102 Å². The van der Waals surface area contributed by atoms with Gasteiger partial charge in [-0.15, -0.1) is 0 Å². The zero-order chi connectivity index (χ0) is 21.3. The van der Waals surface area contributed by atoms with Crippen molar-refractivity contribution in [1.29, 1.82) is 0 Å². The number of anilines is 2. The molecule has 0 aliphatic carbocycles. The van der Waals surface area contributed by atoms with Gasteiger partial charge >= 0.3 is 0 Å². The first-order chi connectivity index (χ1) is 14.5. The molecular weight excluding hydrogens is 394 g/mol. The van der Waals surface area contributed by atoms with Crippen LogP contribution in [0, 0.1) is 6.92 Å². The van der Waals surface area contributed by atoms with Crippen molar-refractivity contribution in [1.82, 2.24) is 5.32 Å². The molecule has 3 aromatic carbocycles. The molecule has 0 aromatic heterocycles. The number of nitrogens with one attached hydrogen (secondary N) is 3. The SMILES string of the molecule is Cc1ccccc1C(=O)Nc1ccc(NC(=S)NC(=O)/C=C/c2ccccc2)cc1. The van der Waals surface area contributed by atoms with E-state index in [1.54, 1.807) is 36.4 Å². The second kappa shape index (κ2) is 10.1. The van der Waals surface area contributed by atoms with Gasteiger partial charge in [0, 0.05) is 23.0 Å². The minimum absolute atomic E-state index is 0.165. The molecule has 0 heterocycles. The van der Waals surface area contributed by atoms with Gasteiger partial charge in [0.2, 0.25) is 5.91 Å². The molecule has 3 rings (SSSR count). The van der Waals surface area contributed by atoms with Crippen LogP contribution >= 0.6 is 12.2 Å². The van der Waals surface area contributed by atoms with Crippen LogP contribution in [0.1, 0.15) is 21.5 Å². The average Bonchev–Trinajstić information content (AvgIpc) is 2.74.